The molecular weight excluding hydrogens is 378 g/mol. The molecule has 9 nitrogen and oxygen atoms in total. The number of hydrogen-bond donors (Lipinski definition) is 2. The van der Waals surface area contributed by atoms with Gasteiger partial charge in [-0.1, -0.05) is 0 Å². The topological polar surface area (TPSA) is 106 Å². The average Bonchev–Trinajstić information content (AvgIpc) is 3.52. The third-order valence-corrected chi connectivity index (χ3v) is 5.21. The fourth-order valence-corrected chi connectivity index (χ4v) is 3.76. The van der Waals surface area contributed by atoms with Gasteiger partial charge >= 0.3 is 0 Å². The molecule has 0 fully saturated rings. The molecule has 6 aromatic rings. The molecule has 146 valence electrons. The van der Waals surface area contributed by atoms with Crippen molar-refractivity contribution < 1.29 is 0 Å². The van der Waals surface area contributed by atoms with Gasteiger partial charge in [0.2, 0.25) is 0 Å². The molecule has 0 aliphatic heterocycles. The number of aromatic nitrogens is 9. The van der Waals surface area contributed by atoms with Gasteiger partial charge in [-0.15, -0.1) is 0 Å². The monoisotopic (exact) mass is 395 g/mol. The summed E-state index contributed by atoms with van der Waals surface area (Å²) in [6.07, 6.45) is 11.2. The molecule has 0 spiro atoms. The first kappa shape index (κ1) is 16.7. The summed E-state index contributed by atoms with van der Waals surface area (Å²) in [5.41, 5.74) is 7.17. The number of aryl methyl sites for hydroxylation is 2. The van der Waals surface area contributed by atoms with Gasteiger partial charge in [-0.25, -0.2) is 15.0 Å². The maximum atomic E-state index is 4.54. The van der Waals surface area contributed by atoms with Crippen LogP contribution in [0.15, 0.2) is 55.5 Å². The summed E-state index contributed by atoms with van der Waals surface area (Å²) in [6.45, 7) is 1.97. The number of aromatic amines is 2. The Hall–Kier alpha value is -4.27. The molecule has 6 aromatic heterocycles. The van der Waals surface area contributed by atoms with Gasteiger partial charge in [-0.2, -0.15) is 10.2 Å². The molecule has 0 atom stereocenters. The number of rotatable bonds is 3. The summed E-state index contributed by atoms with van der Waals surface area (Å²) in [5.74, 6) is 0. The fraction of sp³-hybridized carbons (Fsp3) is 0.0952. The summed E-state index contributed by atoms with van der Waals surface area (Å²) >= 11 is 0. The van der Waals surface area contributed by atoms with Crippen molar-refractivity contribution in [2.24, 2.45) is 7.05 Å². The van der Waals surface area contributed by atoms with E-state index in [0.717, 1.165) is 56.0 Å². The second-order valence-corrected chi connectivity index (χ2v) is 7.29. The lowest BCUT2D eigenvalue weighted by atomic mass is 10.1. The summed E-state index contributed by atoms with van der Waals surface area (Å²) in [6, 6.07) is 6.13. The average molecular weight is 395 g/mol. The van der Waals surface area contributed by atoms with Crippen molar-refractivity contribution in [3.63, 3.8) is 0 Å². The van der Waals surface area contributed by atoms with Crippen LogP contribution < -0.4 is 0 Å². The molecule has 30 heavy (non-hydrogen) atoms. The highest BCUT2D eigenvalue weighted by molar-refractivity contribution is 5.97. The van der Waals surface area contributed by atoms with Crippen LogP contribution in [-0.4, -0.2) is 44.5 Å². The van der Waals surface area contributed by atoms with Crippen molar-refractivity contribution in [2.75, 3.05) is 0 Å². The van der Waals surface area contributed by atoms with Crippen molar-refractivity contribution in [1.82, 2.24) is 44.5 Å². The predicted octanol–water partition coefficient (Wildman–Crippen LogP) is 3.40. The van der Waals surface area contributed by atoms with Gasteiger partial charge in [0.15, 0.2) is 5.65 Å². The maximum absolute atomic E-state index is 4.54. The van der Waals surface area contributed by atoms with E-state index >= 15 is 0 Å². The van der Waals surface area contributed by atoms with E-state index in [4.69, 9.17) is 0 Å². The SMILES string of the molecule is Cc1cn(-c2ccnc3[nH]c(-c4n[nH]c5ncc(-c6cnn(C)c6)cc45)cc23)cn1. The van der Waals surface area contributed by atoms with Gasteiger partial charge in [-0.05, 0) is 25.1 Å². The van der Waals surface area contributed by atoms with Gasteiger partial charge < -0.3 is 9.55 Å². The first-order valence-corrected chi connectivity index (χ1v) is 9.48. The molecule has 6 heterocycles. The summed E-state index contributed by atoms with van der Waals surface area (Å²) in [5, 5.41) is 13.7. The summed E-state index contributed by atoms with van der Waals surface area (Å²) in [7, 11) is 1.90. The van der Waals surface area contributed by atoms with Crippen LogP contribution in [0.1, 0.15) is 5.69 Å². The van der Waals surface area contributed by atoms with Crippen molar-refractivity contribution in [3.8, 4) is 28.2 Å². The van der Waals surface area contributed by atoms with E-state index in [-0.39, 0.29) is 0 Å². The normalized spacial score (nSPS) is 11.7. The third-order valence-electron chi connectivity index (χ3n) is 5.21. The van der Waals surface area contributed by atoms with E-state index in [9.17, 15) is 0 Å². The molecule has 0 radical (unpaired) electrons. The molecule has 9 heteroatoms. The summed E-state index contributed by atoms with van der Waals surface area (Å²) < 4.78 is 3.78. The van der Waals surface area contributed by atoms with Crippen LogP contribution in [0.25, 0.3) is 50.3 Å². The molecule has 2 N–H and O–H groups in total. The maximum Gasteiger partial charge on any atom is 0.155 e. The minimum atomic E-state index is 0.731. The van der Waals surface area contributed by atoms with E-state index in [1.165, 1.54) is 0 Å². The Morgan fingerprint density at radius 3 is 2.67 bits per heavy atom. The Balaban J connectivity index is 1.52. The molecule has 6 rings (SSSR count). The minimum Gasteiger partial charge on any atom is -0.338 e. The van der Waals surface area contributed by atoms with E-state index in [1.54, 1.807) is 10.9 Å². The molecule has 0 aromatic carbocycles. The molecule has 0 amide bonds. The molecule has 0 saturated heterocycles. The highest BCUT2D eigenvalue weighted by Gasteiger charge is 2.16. The van der Waals surface area contributed by atoms with Crippen molar-refractivity contribution in [2.45, 2.75) is 6.92 Å². The second kappa shape index (κ2) is 6.11. The highest BCUT2D eigenvalue weighted by atomic mass is 15.2. The zero-order chi connectivity index (χ0) is 20.2. The number of H-pyrrole nitrogens is 2. The zero-order valence-electron chi connectivity index (χ0n) is 16.3. The number of nitrogens with one attached hydrogen (secondary N) is 2. The fourth-order valence-electron chi connectivity index (χ4n) is 3.76. The second-order valence-electron chi connectivity index (χ2n) is 7.29. The lowest BCUT2D eigenvalue weighted by Gasteiger charge is -2.02. The minimum absolute atomic E-state index is 0.731. The Bertz CT molecular complexity index is 1530. The lowest BCUT2D eigenvalue weighted by Crippen LogP contribution is -1.91. The van der Waals surface area contributed by atoms with E-state index < -0.39 is 0 Å². The number of imidazole rings is 1. The van der Waals surface area contributed by atoms with E-state index in [2.05, 4.69) is 47.4 Å². The Morgan fingerprint density at radius 1 is 0.933 bits per heavy atom. The predicted molar refractivity (Wildman–Crippen MR) is 113 cm³/mol. The van der Waals surface area contributed by atoms with Crippen LogP contribution in [0.5, 0.6) is 0 Å². The number of pyridine rings is 2. The standard InChI is InChI=1S/C21H17N9/c1-12-9-30(11-24-12)18-3-4-22-20-15(18)6-17(26-20)19-16-5-13(7-23-21(16)28-27-19)14-8-25-29(2)10-14/h3-11H,1-2H3,(H,22,26)(H,23,27,28). The van der Waals surface area contributed by atoms with E-state index in [0.29, 0.717) is 0 Å². The van der Waals surface area contributed by atoms with Gasteiger partial charge in [0.25, 0.3) is 0 Å². The van der Waals surface area contributed by atoms with Crippen molar-refractivity contribution in [3.05, 3.63) is 61.2 Å². The third kappa shape index (κ3) is 2.52. The van der Waals surface area contributed by atoms with Crippen LogP contribution in [-0.2, 0) is 7.05 Å². The lowest BCUT2D eigenvalue weighted by molar-refractivity contribution is 0.768. The van der Waals surface area contributed by atoms with Crippen LogP contribution in [0.3, 0.4) is 0 Å². The Kier molecular flexibility index (Phi) is 3.40. The van der Waals surface area contributed by atoms with Gasteiger partial charge in [0.05, 0.1) is 29.6 Å². The molecular formula is C21H17N9. The molecule has 0 aliphatic carbocycles. The quantitative estimate of drug-likeness (QED) is 0.478. The first-order chi connectivity index (χ1) is 14.7. The number of nitrogens with zero attached hydrogens (tertiary/aromatic N) is 7. The number of fused-ring (bicyclic) bond motifs is 2. The summed E-state index contributed by atoms with van der Waals surface area (Å²) in [4.78, 5) is 16.8. The van der Waals surface area contributed by atoms with Crippen LogP contribution in [0, 0.1) is 6.92 Å². The smallest absolute Gasteiger partial charge is 0.155 e. The van der Waals surface area contributed by atoms with Crippen molar-refractivity contribution >= 4 is 22.1 Å². The molecule has 0 bridgehead atoms. The molecule has 0 saturated carbocycles. The largest absolute Gasteiger partial charge is 0.338 e. The Labute approximate surface area is 170 Å². The highest BCUT2D eigenvalue weighted by Crippen LogP contribution is 2.31. The van der Waals surface area contributed by atoms with Gasteiger partial charge in [0.1, 0.15) is 11.3 Å². The van der Waals surface area contributed by atoms with Crippen LogP contribution in [0.2, 0.25) is 0 Å². The van der Waals surface area contributed by atoms with Crippen LogP contribution in [0.4, 0.5) is 0 Å². The van der Waals surface area contributed by atoms with E-state index in [1.807, 2.05) is 55.7 Å². The van der Waals surface area contributed by atoms with Crippen molar-refractivity contribution in [1.29, 1.82) is 0 Å². The first-order valence-electron chi connectivity index (χ1n) is 9.48. The van der Waals surface area contributed by atoms with Crippen LogP contribution >= 0.6 is 0 Å². The Morgan fingerprint density at radius 2 is 1.87 bits per heavy atom. The molecule has 0 aliphatic rings. The number of hydrogen-bond acceptors (Lipinski definition) is 5. The van der Waals surface area contributed by atoms with Gasteiger partial charge in [-0.3, -0.25) is 9.78 Å². The molecule has 0 unspecified atom stereocenters. The van der Waals surface area contributed by atoms with Gasteiger partial charge in [0, 0.05) is 53.7 Å². The zero-order valence-corrected chi connectivity index (χ0v) is 16.3.